The molecule has 0 spiro atoms. The fourth-order valence-electron chi connectivity index (χ4n) is 2.68. The number of hydrogen-bond acceptors (Lipinski definition) is 4. The highest BCUT2D eigenvalue weighted by Gasteiger charge is 2.21. The Balaban J connectivity index is 2.18. The number of aromatic nitrogens is 2. The average molecular weight is 262 g/mol. The van der Waals surface area contributed by atoms with E-state index in [-0.39, 0.29) is 0 Å². The lowest BCUT2D eigenvalue weighted by molar-refractivity contribution is 0.321. The highest BCUT2D eigenvalue weighted by Crippen LogP contribution is 2.30. The van der Waals surface area contributed by atoms with E-state index in [1.54, 1.807) is 6.33 Å². The van der Waals surface area contributed by atoms with Crippen LogP contribution in [0.15, 0.2) is 6.33 Å². The van der Waals surface area contributed by atoms with Gasteiger partial charge in [0.15, 0.2) is 0 Å². The van der Waals surface area contributed by atoms with E-state index in [1.807, 2.05) is 0 Å². The van der Waals surface area contributed by atoms with Crippen molar-refractivity contribution in [2.45, 2.75) is 46.0 Å². The smallest absolute Gasteiger partial charge is 0.137 e. The van der Waals surface area contributed by atoms with E-state index >= 15 is 0 Å². The van der Waals surface area contributed by atoms with Gasteiger partial charge in [-0.3, -0.25) is 0 Å². The van der Waals surface area contributed by atoms with Gasteiger partial charge in [-0.1, -0.05) is 19.8 Å². The first-order chi connectivity index (χ1) is 9.26. The van der Waals surface area contributed by atoms with E-state index in [0.29, 0.717) is 0 Å². The fourth-order valence-corrected chi connectivity index (χ4v) is 2.68. The van der Waals surface area contributed by atoms with Crippen LogP contribution < -0.4 is 10.2 Å². The molecule has 0 bridgehead atoms. The molecule has 1 aliphatic rings. The van der Waals surface area contributed by atoms with Gasteiger partial charge in [0.2, 0.25) is 0 Å². The summed E-state index contributed by atoms with van der Waals surface area (Å²) in [5, 5.41) is 3.36. The molecular formula is C15H26N4. The molecular weight excluding hydrogens is 236 g/mol. The van der Waals surface area contributed by atoms with Gasteiger partial charge < -0.3 is 10.2 Å². The van der Waals surface area contributed by atoms with Gasteiger partial charge in [-0.25, -0.2) is 9.97 Å². The Morgan fingerprint density at radius 1 is 1.32 bits per heavy atom. The molecule has 1 fully saturated rings. The summed E-state index contributed by atoms with van der Waals surface area (Å²) in [6.07, 6.45) is 7.98. The predicted molar refractivity (Wildman–Crippen MR) is 80.8 cm³/mol. The quantitative estimate of drug-likeness (QED) is 0.820. The zero-order chi connectivity index (χ0) is 13.7. The molecule has 1 saturated carbocycles. The SMILES string of the molecule is CCCc1c(NCC)ncnc1N(C)CC1CCC1. The largest absolute Gasteiger partial charge is 0.370 e. The lowest BCUT2D eigenvalue weighted by atomic mass is 9.85. The second kappa shape index (κ2) is 6.73. The first-order valence-electron chi connectivity index (χ1n) is 7.55. The maximum atomic E-state index is 4.53. The van der Waals surface area contributed by atoms with Crippen molar-refractivity contribution in [2.24, 2.45) is 5.92 Å². The fraction of sp³-hybridized carbons (Fsp3) is 0.733. The van der Waals surface area contributed by atoms with Gasteiger partial charge in [-0.15, -0.1) is 0 Å². The van der Waals surface area contributed by atoms with Crippen molar-refractivity contribution < 1.29 is 0 Å². The van der Waals surface area contributed by atoms with Crippen molar-refractivity contribution in [1.82, 2.24) is 9.97 Å². The van der Waals surface area contributed by atoms with Crippen molar-refractivity contribution >= 4 is 11.6 Å². The van der Waals surface area contributed by atoms with Crippen LogP contribution in [0.1, 0.15) is 45.1 Å². The number of nitrogens with zero attached hydrogens (tertiary/aromatic N) is 3. The third-order valence-electron chi connectivity index (χ3n) is 3.89. The van der Waals surface area contributed by atoms with Crippen molar-refractivity contribution in [2.75, 3.05) is 30.4 Å². The molecule has 0 aliphatic heterocycles. The highest BCUT2D eigenvalue weighted by atomic mass is 15.2. The molecule has 4 heteroatoms. The molecule has 1 N–H and O–H groups in total. The molecule has 2 rings (SSSR count). The summed E-state index contributed by atoms with van der Waals surface area (Å²) in [7, 11) is 2.16. The molecule has 0 aromatic carbocycles. The molecule has 0 unspecified atom stereocenters. The first-order valence-corrected chi connectivity index (χ1v) is 7.55. The normalized spacial score (nSPS) is 15.1. The van der Waals surface area contributed by atoms with Crippen LogP contribution in [-0.4, -0.2) is 30.1 Å². The minimum atomic E-state index is 0.858. The molecule has 1 aromatic rings. The van der Waals surface area contributed by atoms with Crippen LogP contribution >= 0.6 is 0 Å². The summed E-state index contributed by atoms with van der Waals surface area (Å²) >= 11 is 0. The number of rotatable bonds is 7. The van der Waals surface area contributed by atoms with Gasteiger partial charge in [-0.2, -0.15) is 0 Å². The van der Waals surface area contributed by atoms with Crippen molar-refractivity contribution in [3.8, 4) is 0 Å². The summed E-state index contributed by atoms with van der Waals surface area (Å²) in [6, 6.07) is 0. The molecule has 1 heterocycles. The van der Waals surface area contributed by atoms with Crippen molar-refractivity contribution in [1.29, 1.82) is 0 Å². The summed E-state index contributed by atoms with van der Waals surface area (Å²) in [5.41, 5.74) is 1.27. The van der Waals surface area contributed by atoms with Gasteiger partial charge in [0.25, 0.3) is 0 Å². The Morgan fingerprint density at radius 3 is 2.68 bits per heavy atom. The van der Waals surface area contributed by atoms with Crippen LogP contribution in [0.2, 0.25) is 0 Å². The van der Waals surface area contributed by atoms with Crippen LogP contribution in [0.4, 0.5) is 11.6 Å². The van der Waals surface area contributed by atoms with Gasteiger partial charge in [0.1, 0.15) is 18.0 Å². The molecule has 106 valence electrons. The Kier molecular flexibility index (Phi) is 5.00. The monoisotopic (exact) mass is 262 g/mol. The van der Waals surface area contributed by atoms with Crippen LogP contribution in [0, 0.1) is 5.92 Å². The standard InChI is InChI=1S/C15H26N4/c1-4-7-13-14(16-5-2)17-11-18-15(13)19(3)10-12-8-6-9-12/h11-12H,4-10H2,1-3H3,(H,16,17,18). The minimum absolute atomic E-state index is 0.858. The Bertz CT molecular complexity index is 401. The van der Waals surface area contributed by atoms with E-state index < -0.39 is 0 Å². The number of hydrogen-bond donors (Lipinski definition) is 1. The van der Waals surface area contributed by atoms with E-state index in [4.69, 9.17) is 0 Å². The van der Waals surface area contributed by atoms with Crippen LogP contribution in [0.25, 0.3) is 0 Å². The average Bonchev–Trinajstić information content (AvgIpc) is 2.36. The van der Waals surface area contributed by atoms with Gasteiger partial charge >= 0.3 is 0 Å². The van der Waals surface area contributed by atoms with Gasteiger partial charge in [0, 0.05) is 25.7 Å². The molecule has 4 nitrogen and oxygen atoms in total. The second-order valence-corrected chi connectivity index (χ2v) is 5.48. The van der Waals surface area contributed by atoms with Crippen LogP contribution in [0.5, 0.6) is 0 Å². The highest BCUT2D eigenvalue weighted by molar-refractivity contribution is 5.58. The maximum Gasteiger partial charge on any atom is 0.137 e. The molecule has 0 saturated heterocycles. The minimum Gasteiger partial charge on any atom is -0.370 e. The summed E-state index contributed by atoms with van der Waals surface area (Å²) in [5.74, 6) is 2.98. The summed E-state index contributed by atoms with van der Waals surface area (Å²) in [6.45, 7) is 6.34. The van der Waals surface area contributed by atoms with E-state index in [0.717, 1.165) is 43.5 Å². The third-order valence-corrected chi connectivity index (χ3v) is 3.89. The summed E-state index contributed by atoms with van der Waals surface area (Å²) in [4.78, 5) is 11.2. The van der Waals surface area contributed by atoms with Crippen molar-refractivity contribution in [3.05, 3.63) is 11.9 Å². The topological polar surface area (TPSA) is 41.1 Å². The van der Waals surface area contributed by atoms with Gasteiger partial charge in [0.05, 0.1) is 0 Å². The molecule has 0 amide bonds. The molecule has 0 atom stereocenters. The summed E-state index contributed by atoms with van der Waals surface area (Å²) < 4.78 is 0. The number of anilines is 2. The molecule has 1 aromatic heterocycles. The number of nitrogens with one attached hydrogen (secondary N) is 1. The zero-order valence-electron chi connectivity index (χ0n) is 12.4. The lowest BCUT2D eigenvalue weighted by Gasteiger charge is -2.31. The maximum absolute atomic E-state index is 4.53. The zero-order valence-corrected chi connectivity index (χ0v) is 12.4. The Hall–Kier alpha value is -1.32. The van der Waals surface area contributed by atoms with E-state index in [1.165, 1.54) is 24.8 Å². The second-order valence-electron chi connectivity index (χ2n) is 5.48. The van der Waals surface area contributed by atoms with Gasteiger partial charge in [-0.05, 0) is 32.1 Å². The van der Waals surface area contributed by atoms with Crippen LogP contribution in [-0.2, 0) is 6.42 Å². The molecule has 1 aliphatic carbocycles. The Labute approximate surface area is 116 Å². The molecule has 19 heavy (non-hydrogen) atoms. The van der Waals surface area contributed by atoms with Crippen LogP contribution in [0.3, 0.4) is 0 Å². The lowest BCUT2D eigenvalue weighted by Crippen LogP contribution is -2.30. The third kappa shape index (κ3) is 3.37. The van der Waals surface area contributed by atoms with E-state index in [2.05, 4.69) is 41.1 Å². The molecule has 0 radical (unpaired) electrons. The van der Waals surface area contributed by atoms with E-state index in [9.17, 15) is 0 Å². The van der Waals surface area contributed by atoms with Crippen molar-refractivity contribution in [3.63, 3.8) is 0 Å². The predicted octanol–water partition coefficient (Wildman–Crippen LogP) is 3.10. The first kappa shape index (κ1) is 14.1. The Morgan fingerprint density at radius 2 is 2.11 bits per heavy atom.